The fourth-order valence-corrected chi connectivity index (χ4v) is 3.80. The quantitative estimate of drug-likeness (QED) is 0.445. The molecule has 2 aromatic heterocycles. The predicted octanol–water partition coefficient (Wildman–Crippen LogP) is 4.72. The minimum Gasteiger partial charge on any atom is -0.481 e. The van der Waals surface area contributed by atoms with Gasteiger partial charge in [-0.05, 0) is 29.8 Å². The van der Waals surface area contributed by atoms with E-state index in [-0.39, 0.29) is 27.6 Å². The van der Waals surface area contributed by atoms with Gasteiger partial charge in [-0.1, -0.05) is 29.5 Å². The van der Waals surface area contributed by atoms with Gasteiger partial charge < -0.3 is 4.74 Å². The molecular formula is C21H14F3N3O2S. The van der Waals surface area contributed by atoms with Crippen LogP contribution in [0.2, 0.25) is 0 Å². The van der Waals surface area contributed by atoms with Gasteiger partial charge in [0.1, 0.15) is 11.3 Å². The number of anilines is 1. The molecule has 9 heteroatoms. The highest BCUT2D eigenvalue weighted by atomic mass is 32.1. The van der Waals surface area contributed by atoms with Crippen LogP contribution in [0.15, 0.2) is 60.9 Å². The number of hydrogen-bond donors (Lipinski definition) is 0. The van der Waals surface area contributed by atoms with Crippen molar-refractivity contribution >= 4 is 32.6 Å². The largest absolute Gasteiger partial charge is 0.481 e. The topological polar surface area (TPSA) is 55.3 Å². The van der Waals surface area contributed by atoms with Gasteiger partial charge in [-0.25, -0.2) is 18.2 Å². The first-order valence-electron chi connectivity index (χ1n) is 8.83. The normalized spacial score (nSPS) is 10.9. The van der Waals surface area contributed by atoms with Gasteiger partial charge in [0.15, 0.2) is 29.1 Å². The van der Waals surface area contributed by atoms with Gasteiger partial charge in [0.05, 0.1) is 11.2 Å². The Hall–Kier alpha value is -3.46. The number of rotatable bonds is 6. The molecule has 5 nitrogen and oxygen atoms in total. The average Bonchev–Trinajstić information content (AvgIpc) is 3.16. The highest BCUT2D eigenvalue weighted by Crippen LogP contribution is 2.32. The molecule has 0 radical (unpaired) electrons. The van der Waals surface area contributed by atoms with Gasteiger partial charge >= 0.3 is 0 Å². The van der Waals surface area contributed by atoms with Crippen LogP contribution >= 0.6 is 11.3 Å². The molecule has 0 aliphatic heterocycles. The molecule has 0 aliphatic rings. The summed E-state index contributed by atoms with van der Waals surface area (Å²) in [6.07, 6.45) is 3.17. The summed E-state index contributed by atoms with van der Waals surface area (Å²) >= 11 is 0.970. The Balaban J connectivity index is 1.65. The molecule has 0 fully saturated rings. The van der Waals surface area contributed by atoms with Crippen LogP contribution in [0.4, 0.5) is 18.3 Å². The maximum Gasteiger partial charge on any atom is 0.267 e. The third-order valence-electron chi connectivity index (χ3n) is 4.19. The number of ether oxygens (including phenoxy) is 1. The van der Waals surface area contributed by atoms with Crippen LogP contribution in [0.25, 0.3) is 10.2 Å². The van der Waals surface area contributed by atoms with Crippen LogP contribution in [0, 0.1) is 17.5 Å². The summed E-state index contributed by atoms with van der Waals surface area (Å²) in [6.45, 7) is -0.384. The van der Waals surface area contributed by atoms with Crippen molar-refractivity contribution in [2.24, 2.45) is 0 Å². The van der Waals surface area contributed by atoms with Crippen LogP contribution in [-0.2, 0) is 11.3 Å². The van der Waals surface area contributed by atoms with E-state index in [0.717, 1.165) is 23.5 Å². The van der Waals surface area contributed by atoms with Gasteiger partial charge in [0, 0.05) is 18.5 Å². The second-order valence-corrected chi connectivity index (χ2v) is 7.30. The molecule has 2 aromatic carbocycles. The number of carbonyl (C=O) groups excluding carboxylic acids is 1. The van der Waals surface area contributed by atoms with Crippen LogP contribution in [0.5, 0.6) is 5.75 Å². The van der Waals surface area contributed by atoms with Crippen molar-refractivity contribution in [1.29, 1.82) is 0 Å². The molecule has 0 spiro atoms. The zero-order chi connectivity index (χ0) is 21.1. The Morgan fingerprint density at radius 3 is 2.67 bits per heavy atom. The van der Waals surface area contributed by atoms with Crippen molar-refractivity contribution in [3.8, 4) is 5.75 Å². The minimum atomic E-state index is -0.816. The van der Waals surface area contributed by atoms with Gasteiger partial charge in [-0.3, -0.25) is 14.7 Å². The van der Waals surface area contributed by atoms with Crippen molar-refractivity contribution in [3.05, 3.63) is 83.9 Å². The molecule has 4 aromatic rings. The second-order valence-electron chi connectivity index (χ2n) is 6.29. The van der Waals surface area contributed by atoms with Crippen molar-refractivity contribution in [2.45, 2.75) is 6.54 Å². The van der Waals surface area contributed by atoms with Crippen molar-refractivity contribution in [2.75, 3.05) is 11.5 Å². The van der Waals surface area contributed by atoms with E-state index in [1.807, 2.05) is 0 Å². The van der Waals surface area contributed by atoms with Gasteiger partial charge in [-0.15, -0.1) is 0 Å². The summed E-state index contributed by atoms with van der Waals surface area (Å²) in [5, 5.41) is 0.167. The van der Waals surface area contributed by atoms with Crippen LogP contribution in [-0.4, -0.2) is 22.5 Å². The van der Waals surface area contributed by atoms with E-state index >= 15 is 0 Å². The number of benzene rings is 2. The van der Waals surface area contributed by atoms with Crippen LogP contribution in [0.3, 0.4) is 0 Å². The van der Waals surface area contributed by atoms with E-state index in [4.69, 9.17) is 4.74 Å². The van der Waals surface area contributed by atoms with Gasteiger partial charge in [0.25, 0.3) is 5.91 Å². The third-order valence-corrected chi connectivity index (χ3v) is 5.21. The Morgan fingerprint density at radius 1 is 1.07 bits per heavy atom. The third kappa shape index (κ3) is 4.25. The molecule has 152 valence electrons. The van der Waals surface area contributed by atoms with E-state index in [2.05, 4.69) is 9.97 Å². The van der Waals surface area contributed by atoms with E-state index in [9.17, 15) is 18.0 Å². The Bertz CT molecular complexity index is 1200. The summed E-state index contributed by atoms with van der Waals surface area (Å²) in [5.41, 5.74) is 0.665. The highest BCUT2D eigenvalue weighted by Gasteiger charge is 2.22. The minimum absolute atomic E-state index is 0.0320. The van der Waals surface area contributed by atoms with E-state index in [0.29, 0.717) is 5.56 Å². The molecular weight excluding hydrogens is 415 g/mol. The lowest BCUT2D eigenvalue weighted by Crippen LogP contribution is -2.34. The molecule has 0 atom stereocenters. The van der Waals surface area contributed by atoms with Crippen LogP contribution < -0.4 is 9.64 Å². The lowest BCUT2D eigenvalue weighted by Gasteiger charge is -2.20. The van der Waals surface area contributed by atoms with Crippen molar-refractivity contribution in [1.82, 2.24) is 9.97 Å². The van der Waals surface area contributed by atoms with Gasteiger partial charge in [0.2, 0.25) is 0 Å². The highest BCUT2D eigenvalue weighted by molar-refractivity contribution is 7.22. The lowest BCUT2D eigenvalue weighted by molar-refractivity contribution is -0.120. The molecule has 0 unspecified atom stereocenters. The van der Waals surface area contributed by atoms with Gasteiger partial charge in [-0.2, -0.15) is 0 Å². The SMILES string of the molecule is O=C(COc1ccccc1F)N(Cc1cccnc1)c1nc2c(F)cc(F)cc2s1. The maximum atomic E-state index is 14.1. The van der Waals surface area contributed by atoms with E-state index in [1.165, 1.54) is 23.1 Å². The molecule has 2 heterocycles. The number of hydrogen-bond acceptors (Lipinski definition) is 5. The Morgan fingerprint density at radius 2 is 1.90 bits per heavy atom. The molecule has 0 N–H and O–H groups in total. The number of aromatic nitrogens is 2. The first-order chi connectivity index (χ1) is 14.5. The predicted molar refractivity (Wildman–Crippen MR) is 107 cm³/mol. The number of pyridine rings is 1. The lowest BCUT2D eigenvalue weighted by atomic mass is 10.2. The summed E-state index contributed by atoms with van der Waals surface area (Å²) in [5.74, 6) is -2.74. The maximum absolute atomic E-state index is 14.1. The van der Waals surface area contributed by atoms with Crippen LogP contribution in [0.1, 0.15) is 5.56 Å². The number of para-hydroxylation sites is 1. The first kappa shape index (κ1) is 19.8. The fourth-order valence-electron chi connectivity index (χ4n) is 2.78. The van der Waals surface area contributed by atoms with E-state index in [1.54, 1.807) is 30.6 Å². The second kappa shape index (κ2) is 8.50. The Labute approximate surface area is 173 Å². The first-order valence-corrected chi connectivity index (χ1v) is 9.65. The molecule has 30 heavy (non-hydrogen) atoms. The molecule has 0 saturated carbocycles. The number of halogens is 3. The number of carbonyl (C=O) groups is 1. The average molecular weight is 429 g/mol. The standard InChI is InChI=1S/C21H14F3N3O2S/c22-14-8-16(24)20-18(9-14)30-21(26-20)27(11-13-4-3-7-25-10-13)19(28)12-29-17-6-2-1-5-15(17)23/h1-10H,11-12H2. The smallest absolute Gasteiger partial charge is 0.267 e. The summed E-state index contributed by atoms with van der Waals surface area (Å²) < 4.78 is 47.0. The summed E-state index contributed by atoms with van der Waals surface area (Å²) in [4.78, 5) is 22.4. The molecule has 4 rings (SSSR count). The molecule has 0 saturated heterocycles. The summed E-state index contributed by atoms with van der Waals surface area (Å²) in [6, 6.07) is 11.1. The monoisotopic (exact) mass is 429 g/mol. The van der Waals surface area contributed by atoms with E-state index < -0.39 is 30.0 Å². The summed E-state index contributed by atoms with van der Waals surface area (Å²) in [7, 11) is 0. The van der Waals surface area contributed by atoms with Crippen molar-refractivity contribution in [3.63, 3.8) is 0 Å². The Kier molecular flexibility index (Phi) is 5.62. The van der Waals surface area contributed by atoms with Crippen molar-refractivity contribution < 1.29 is 22.7 Å². The fraction of sp³-hybridized carbons (Fsp3) is 0.0952. The molecule has 0 bridgehead atoms. The molecule has 0 aliphatic carbocycles. The number of thiazole rings is 1. The number of nitrogens with zero attached hydrogens (tertiary/aromatic N) is 3. The number of fused-ring (bicyclic) bond motifs is 1. The number of amides is 1. The zero-order valence-corrected chi connectivity index (χ0v) is 16.2. The zero-order valence-electron chi connectivity index (χ0n) is 15.4. The molecule has 1 amide bonds.